The monoisotopic (exact) mass is 268 g/mol. The van der Waals surface area contributed by atoms with Crippen LogP contribution in [0.3, 0.4) is 0 Å². The fourth-order valence-corrected chi connectivity index (χ4v) is 0.429. The van der Waals surface area contributed by atoms with Gasteiger partial charge < -0.3 is 9.47 Å². The average Bonchev–Trinajstić information content (AvgIpc) is 2.28. The third kappa shape index (κ3) is 9.44. The lowest BCUT2D eigenvalue weighted by molar-refractivity contribution is -0.169. The van der Waals surface area contributed by atoms with Gasteiger partial charge in [-0.2, -0.15) is 4.39 Å². The molecule has 18 heavy (non-hydrogen) atoms. The van der Waals surface area contributed by atoms with Crippen LogP contribution < -0.4 is 0 Å². The number of carbonyl (C=O) groups excluding carboxylic acids is 2. The van der Waals surface area contributed by atoms with Gasteiger partial charge in [-0.25, -0.2) is 18.4 Å². The Kier molecular flexibility index (Phi) is 9.56. The molecule has 1 unspecified atom stereocenters. The van der Waals surface area contributed by atoms with Gasteiger partial charge >= 0.3 is 24.7 Å². The molecule has 104 valence electrons. The smallest absolute Gasteiger partial charge is 0.335 e. The highest BCUT2D eigenvalue weighted by Crippen LogP contribution is 2.08. The van der Waals surface area contributed by atoms with Crippen molar-refractivity contribution in [2.75, 3.05) is 7.11 Å². The van der Waals surface area contributed by atoms with Crippen molar-refractivity contribution in [1.29, 1.82) is 0 Å². The summed E-state index contributed by atoms with van der Waals surface area (Å²) < 4.78 is 42.5. The van der Waals surface area contributed by atoms with Gasteiger partial charge in [-0.3, -0.25) is 0 Å². The largest absolute Gasteiger partial charge is 0.466 e. The van der Waals surface area contributed by atoms with Gasteiger partial charge in [0.1, 0.15) is 0 Å². The lowest BCUT2D eigenvalue weighted by Crippen LogP contribution is -2.20. The Morgan fingerprint density at radius 1 is 1.00 bits per heavy atom. The molecule has 0 heterocycles. The van der Waals surface area contributed by atoms with E-state index in [9.17, 15) is 22.8 Å². The van der Waals surface area contributed by atoms with Gasteiger partial charge in [0, 0.05) is 11.1 Å². The Morgan fingerprint density at radius 2 is 1.39 bits per heavy atom. The lowest BCUT2D eigenvalue weighted by Gasteiger charge is -2.07. The minimum atomic E-state index is -3.31. The van der Waals surface area contributed by atoms with Crippen molar-refractivity contribution < 1.29 is 32.2 Å². The van der Waals surface area contributed by atoms with E-state index in [0.29, 0.717) is 5.57 Å². The molecule has 0 bridgehead atoms. The van der Waals surface area contributed by atoms with Crippen LogP contribution in [0.15, 0.2) is 24.3 Å². The first-order valence-corrected chi connectivity index (χ1v) is 4.66. The van der Waals surface area contributed by atoms with Gasteiger partial charge in [0.05, 0.1) is 7.11 Å². The van der Waals surface area contributed by atoms with Gasteiger partial charge in [-0.05, 0) is 13.8 Å². The van der Waals surface area contributed by atoms with Crippen LogP contribution >= 0.6 is 0 Å². The molecule has 0 aliphatic heterocycles. The quantitative estimate of drug-likeness (QED) is 0.580. The third-order valence-electron chi connectivity index (χ3n) is 1.30. The molecule has 4 nitrogen and oxygen atoms in total. The van der Waals surface area contributed by atoms with E-state index < -0.39 is 18.8 Å². The van der Waals surface area contributed by atoms with Crippen molar-refractivity contribution in [3.63, 3.8) is 0 Å². The molecule has 0 aliphatic carbocycles. The molecule has 0 saturated heterocycles. The summed E-state index contributed by atoms with van der Waals surface area (Å²) in [6, 6.07) is 0. The van der Waals surface area contributed by atoms with Crippen LogP contribution in [-0.4, -0.2) is 31.8 Å². The molecule has 0 aliphatic rings. The molecule has 0 rings (SSSR count). The Hall–Kier alpha value is -1.79. The number of hydrogen-bond acceptors (Lipinski definition) is 4. The molecule has 0 N–H and O–H groups in total. The van der Waals surface area contributed by atoms with Crippen molar-refractivity contribution in [3.05, 3.63) is 24.3 Å². The molecular formula is C11H15F3O4. The molecule has 0 amide bonds. The van der Waals surface area contributed by atoms with E-state index in [0.717, 1.165) is 0 Å². The maximum absolute atomic E-state index is 11.9. The average molecular weight is 268 g/mol. The topological polar surface area (TPSA) is 52.6 Å². The van der Waals surface area contributed by atoms with E-state index in [4.69, 9.17) is 0 Å². The zero-order chi connectivity index (χ0) is 14.9. The van der Waals surface area contributed by atoms with E-state index >= 15 is 0 Å². The maximum atomic E-state index is 11.9. The second-order valence-corrected chi connectivity index (χ2v) is 3.14. The van der Waals surface area contributed by atoms with E-state index in [1.54, 1.807) is 6.92 Å². The normalized spacial score (nSPS) is 10.8. The van der Waals surface area contributed by atoms with Crippen molar-refractivity contribution in [2.24, 2.45) is 0 Å². The highest BCUT2D eigenvalue weighted by molar-refractivity contribution is 5.87. The fourth-order valence-electron chi connectivity index (χ4n) is 0.429. The molecule has 7 heteroatoms. The summed E-state index contributed by atoms with van der Waals surface area (Å²) >= 11 is 0. The first kappa shape index (κ1) is 18.6. The lowest BCUT2D eigenvalue weighted by atomic mass is 10.4. The van der Waals surface area contributed by atoms with Crippen LogP contribution in [0, 0.1) is 0 Å². The number of esters is 2. The van der Waals surface area contributed by atoms with Crippen LogP contribution in [0.5, 0.6) is 0 Å². The van der Waals surface area contributed by atoms with Crippen LogP contribution in [0.2, 0.25) is 0 Å². The van der Waals surface area contributed by atoms with E-state index in [1.807, 2.05) is 0 Å². The number of carbonyl (C=O) groups is 2. The summed E-state index contributed by atoms with van der Waals surface area (Å²) in [6.07, 6.45) is -6.17. The van der Waals surface area contributed by atoms with Crippen molar-refractivity contribution in [3.8, 4) is 0 Å². The molecule has 0 saturated carbocycles. The highest BCUT2D eigenvalue weighted by Gasteiger charge is 2.23. The summed E-state index contributed by atoms with van der Waals surface area (Å²) in [7, 11) is 1.33. The minimum absolute atomic E-state index is 0.117. The summed E-state index contributed by atoms with van der Waals surface area (Å²) in [6.45, 7) is 9.27. The Labute approximate surface area is 103 Å². The van der Waals surface area contributed by atoms with Crippen molar-refractivity contribution in [2.45, 2.75) is 26.6 Å². The zero-order valence-electron chi connectivity index (χ0n) is 10.3. The zero-order valence-corrected chi connectivity index (χ0v) is 10.3. The Balaban J connectivity index is 0. The molecule has 0 aromatic rings. The minimum Gasteiger partial charge on any atom is -0.466 e. The number of rotatable bonds is 4. The molecule has 0 spiro atoms. The van der Waals surface area contributed by atoms with Gasteiger partial charge in [-0.15, -0.1) is 0 Å². The van der Waals surface area contributed by atoms with Crippen LogP contribution in [0.4, 0.5) is 13.2 Å². The van der Waals surface area contributed by atoms with E-state index in [2.05, 4.69) is 22.6 Å². The first-order valence-electron chi connectivity index (χ1n) is 4.66. The van der Waals surface area contributed by atoms with Gasteiger partial charge in [0.15, 0.2) is 0 Å². The second kappa shape index (κ2) is 9.26. The molecule has 0 aromatic heterocycles. The van der Waals surface area contributed by atoms with E-state index in [-0.39, 0.29) is 11.5 Å². The predicted molar refractivity (Wildman–Crippen MR) is 58.6 cm³/mol. The van der Waals surface area contributed by atoms with Crippen LogP contribution in [0.25, 0.3) is 0 Å². The first-order chi connectivity index (χ1) is 8.13. The number of ether oxygens (including phenoxy) is 2. The summed E-state index contributed by atoms with van der Waals surface area (Å²) in [4.78, 5) is 20.6. The van der Waals surface area contributed by atoms with Crippen LogP contribution in [-0.2, 0) is 19.1 Å². The standard InChI is InChI=1S/C6H7F3O2.C5H8O2/c1-3(2)6(10)11-5(9)4(7)8;1-4(2)5(6)7-3/h4-5H,1H2,2H3;1H2,2-3H3. The molecule has 0 radical (unpaired) electrons. The highest BCUT2D eigenvalue weighted by atomic mass is 19.3. The van der Waals surface area contributed by atoms with Gasteiger partial charge in [-0.1, -0.05) is 13.2 Å². The summed E-state index contributed by atoms with van der Waals surface area (Å²) in [5.74, 6) is -1.50. The predicted octanol–water partition coefficient (Wildman–Crippen LogP) is 2.40. The van der Waals surface area contributed by atoms with Gasteiger partial charge in [0.25, 0.3) is 0 Å². The van der Waals surface area contributed by atoms with Crippen LogP contribution in [0.1, 0.15) is 13.8 Å². The van der Waals surface area contributed by atoms with Crippen molar-refractivity contribution in [1.82, 2.24) is 0 Å². The summed E-state index contributed by atoms with van der Waals surface area (Å²) in [5, 5.41) is 0. The maximum Gasteiger partial charge on any atom is 0.335 e. The van der Waals surface area contributed by atoms with E-state index in [1.165, 1.54) is 14.0 Å². The second-order valence-electron chi connectivity index (χ2n) is 3.14. The number of methoxy groups -OCH3 is 1. The molecule has 1 atom stereocenters. The number of halogens is 3. The van der Waals surface area contributed by atoms with Crippen molar-refractivity contribution >= 4 is 11.9 Å². The Bertz CT molecular complexity index is 326. The molecule has 0 aromatic carbocycles. The fraction of sp³-hybridized carbons (Fsp3) is 0.455. The third-order valence-corrected chi connectivity index (χ3v) is 1.30. The molecule has 0 fully saturated rings. The SMILES string of the molecule is C=C(C)C(=O)OC.C=C(C)C(=O)OC(F)C(F)F. The summed E-state index contributed by atoms with van der Waals surface area (Å²) in [5.41, 5.74) is 0.316. The number of alkyl halides is 3. The number of hydrogen-bond donors (Lipinski definition) is 0. The Morgan fingerprint density at radius 3 is 1.56 bits per heavy atom. The molecular weight excluding hydrogens is 253 g/mol. The van der Waals surface area contributed by atoms with Gasteiger partial charge in [0.2, 0.25) is 0 Å².